The summed E-state index contributed by atoms with van der Waals surface area (Å²) < 4.78 is 10.4. The van der Waals surface area contributed by atoms with Crippen molar-refractivity contribution in [2.45, 2.75) is 26.0 Å². The number of amides is 1. The van der Waals surface area contributed by atoms with Crippen molar-refractivity contribution in [2.24, 2.45) is 0 Å². The zero-order chi connectivity index (χ0) is 17.3. The molecule has 1 fully saturated rings. The number of hydrogen-bond donors (Lipinski definition) is 0. The van der Waals surface area contributed by atoms with Gasteiger partial charge in [0.2, 0.25) is 6.10 Å². The Bertz CT molecular complexity index is 769. The Hall–Kier alpha value is -2.82. The van der Waals surface area contributed by atoms with E-state index in [0.29, 0.717) is 0 Å². The molecule has 0 spiro atoms. The van der Waals surface area contributed by atoms with Crippen LogP contribution in [0.15, 0.2) is 48.5 Å². The zero-order valence-electron chi connectivity index (χ0n) is 13.9. The molecule has 0 bridgehead atoms. The van der Waals surface area contributed by atoms with E-state index in [4.69, 9.17) is 9.47 Å². The second-order valence-electron chi connectivity index (χ2n) is 5.74. The highest BCUT2D eigenvalue weighted by Crippen LogP contribution is 2.42. The molecule has 5 heteroatoms. The number of carbonyl (C=O) groups is 2. The van der Waals surface area contributed by atoms with Gasteiger partial charge in [-0.1, -0.05) is 24.3 Å². The first-order valence-electron chi connectivity index (χ1n) is 7.73. The van der Waals surface area contributed by atoms with Gasteiger partial charge in [0, 0.05) is 12.6 Å². The zero-order valence-corrected chi connectivity index (χ0v) is 13.9. The van der Waals surface area contributed by atoms with Crippen LogP contribution in [-0.2, 0) is 14.3 Å². The van der Waals surface area contributed by atoms with Crippen LogP contribution in [0.2, 0.25) is 0 Å². The first-order chi connectivity index (χ1) is 11.5. The molecule has 5 nitrogen and oxygen atoms in total. The van der Waals surface area contributed by atoms with Gasteiger partial charge in [0.25, 0.3) is 5.91 Å². The van der Waals surface area contributed by atoms with E-state index in [2.05, 4.69) is 0 Å². The molecule has 2 aromatic carbocycles. The molecule has 1 saturated heterocycles. The molecule has 2 aromatic rings. The highest BCUT2D eigenvalue weighted by atomic mass is 16.6. The molecule has 1 aliphatic rings. The molecule has 24 heavy (non-hydrogen) atoms. The van der Waals surface area contributed by atoms with Gasteiger partial charge in [-0.05, 0) is 42.3 Å². The third-order valence-corrected chi connectivity index (χ3v) is 4.20. The smallest absolute Gasteiger partial charge is 0.303 e. The summed E-state index contributed by atoms with van der Waals surface area (Å²) in [5.74, 6) is 0.0423. The van der Waals surface area contributed by atoms with Gasteiger partial charge >= 0.3 is 5.97 Å². The third kappa shape index (κ3) is 2.73. The topological polar surface area (TPSA) is 55.8 Å². The summed E-state index contributed by atoms with van der Waals surface area (Å²) in [5.41, 5.74) is 2.77. The van der Waals surface area contributed by atoms with Gasteiger partial charge in [-0.3, -0.25) is 14.5 Å². The lowest BCUT2D eigenvalue weighted by Gasteiger charge is -2.46. The van der Waals surface area contributed by atoms with Gasteiger partial charge in [-0.15, -0.1) is 0 Å². The van der Waals surface area contributed by atoms with Crippen LogP contribution in [0.1, 0.15) is 24.1 Å². The number of ether oxygens (including phenoxy) is 2. The van der Waals surface area contributed by atoms with Gasteiger partial charge in [0.05, 0.1) is 7.11 Å². The maximum absolute atomic E-state index is 12.6. The van der Waals surface area contributed by atoms with Gasteiger partial charge in [-0.25, -0.2) is 0 Å². The number of rotatable bonds is 4. The number of nitrogens with zero attached hydrogens (tertiary/aromatic N) is 1. The maximum Gasteiger partial charge on any atom is 0.303 e. The van der Waals surface area contributed by atoms with Crippen molar-refractivity contribution in [3.05, 3.63) is 59.7 Å². The standard InChI is InChI=1S/C19H19NO4/c1-12-6-4-5-7-16(12)17-18(24-13(2)21)19(22)20(17)14-8-10-15(23-3)11-9-14/h4-11,17-18H,1-3H3/t17-,18+/m1/s1. The van der Waals surface area contributed by atoms with E-state index >= 15 is 0 Å². The van der Waals surface area contributed by atoms with E-state index in [9.17, 15) is 9.59 Å². The highest BCUT2D eigenvalue weighted by Gasteiger charge is 2.51. The van der Waals surface area contributed by atoms with Crippen LogP contribution >= 0.6 is 0 Å². The van der Waals surface area contributed by atoms with E-state index in [-0.39, 0.29) is 11.9 Å². The van der Waals surface area contributed by atoms with E-state index in [1.807, 2.05) is 43.3 Å². The Morgan fingerprint density at radius 3 is 2.33 bits per heavy atom. The predicted octanol–water partition coefficient (Wildman–Crippen LogP) is 3.02. The number of hydrogen-bond acceptors (Lipinski definition) is 4. The molecule has 0 aliphatic carbocycles. The molecule has 0 saturated carbocycles. The second-order valence-corrected chi connectivity index (χ2v) is 5.74. The molecule has 0 N–H and O–H groups in total. The van der Waals surface area contributed by atoms with Crippen LogP contribution in [0.4, 0.5) is 5.69 Å². The van der Waals surface area contributed by atoms with Crippen molar-refractivity contribution in [3.63, 3.8) is 0 Å². The minimum atomic E-state index is -0.786. The second kappa shape index (κ2) is 6.35. The molecule has 0 radical (unpaired) electrons. The first kappa shape index (κ1) is 16.1. The largest absolute Gasteiger partial charge is 0.497 e. The average molecular weight is 325 g/mol. The number of benzene rings is 2. The Balaban J connectivity index is 1.99. The SMILES string of the molecule is COc1ccc(N2C(=O)[C@@H](OC(C)=O)[C@H]2c2ccccc2C)cc1. The summed E-state index contributed by atoms with van der Waals surface area (Å²) in [6.07, 6.45) is -0.786. The molecule has 124 valence electrons. The lowest BCUT2D eigenvalue weighted by atomic mass is 9.87. The number of carbonyl (C=O) groups excluding carboxylic acids is 2. The van der Waals surface area contributed by atoms with Crippen LogP contribution in [-0.4, -0.2) is 25.1 Å². The number of esters is 1. The molecule has 0 unspecified atom stereocenters. The van der Waals surface area contributed by atoms with Crippen LogP contribution in [0, 0.1) is 6.92 Å². The Morgan fingerprint density at radius 1 is 1.08 bits per heavy atom. The van der Waals surface area contributed by atoms with Crippen molar-refractivity contribution in [1.29, 1.82) is 0 Å². The monoisotopic (exact) mass is 325 g/mol. The fourth-order valence-corrected chi connectivity index (χ4v) is 3.01. The Labute approximate surface area is 140 Å². The van der Waals surface area contributed by atoms with Crippen LogP contribution < -0.4 is 9.64 Å². The summed E-state index contributed by atoms with van der Waals surface area (Å²) in [4.78, 5) is 25.6. The van der Waals surface area contributed by atoms with Crippen molar-refractivity contribution in [2.75, 3.05) is 12.0 Å². The van der Waals surface area contributed by atoms with E-state index in [0.717, 1.165) is 22.6 Å². The number of β-lactam (4-membered cyclic amide) rings is 1. The van der Waals surface area contributed by atoms with E-state index in [1.54, 1.807) is 24.1 Å². The third-order valence-electron chi connectivity index (χ3n) is 4.20. The van der Waals surface area contributed by atoms with E-state index < -0.39 is 12.1 Å². The molecule has 0 aromatic heterocycles. The van der Waals surface area contributed by atoms with Crippen LogP contribution in [0.25, 0.3) is 0 Å². The fraction of sp³-hybridized carbons (Fsp3) is 0.263. The lowest BCUT2D eigenvalue weighted by molar-refractivity contribution is -0.160. The average Bonchev–Trinajstić information content (AvgIpc) is 2.58. The quantitative estimate of drug-likeness (QED) is 0.640. The lowest BCUT2D eigenvalue weighted by Crippen LogP contribution is -2.60. The normalized spacial score (nSPS) is 19.6. The van der Waals surface area contributed by atoms with Gasteiger partial charge < -0.3 is 9.47 Å². The number of anilines is 1. The van der Waals surface area contributed by atoms with Crippen molar-refractivity contribution in [1.82, 2.24) is 0 Å². The van der Waals surface area contributed by atoms with Gasteiger partial charge in [0.1, 0.15) is 11.8 Å². The van der Waals surface area contributed by atoms with Crippen molar-refractivity contribution in [3.8, 4) is 5.75 Å². The molecule has 1 aliphatic heterocycles. The highest BCUT2D eigenvalue weighted by molar-refractivity contribution is 6.06. The Kier molecular flexibility index (Phi) is 4.25. The maximum atomic E-state index is 12.6. The Morgan fingerprint density at radius 2 is 1.75 bits per heavy atom. The van der Waals surface area contributed by atoms with Gasteiger partial charge in [0.15, 0.2) is 0 Å². The summed E-state index contributed by atoms with van der Waals surface area (Å²) in [5, 5.41) is 0. The summed E-state index contributed by atoms with van der Waals surface area (Å²) in [6.45, 7) is 3.30. The van der Waals surface area contributed by atoms with Crippen LogP contribution in [0.3, 0.4) is 0 Å². The minimum Gasteiger partial charge on any atom is -0.497 e. The van der Waals surface area contributed by atoms with Crippen LogP contribution in [0.5, 0.6) is 5.75 Å². The predicted molar refractivity (Wildman–Crippen MR) is 90.0 cm³/mol. The molecule has 1 amide bonds. The summed E-state index contributed by atoms with van der Waals surface area (Å²) in [7, 11) is 1.59. The number of methoxy groups -OCH3 is 1. The fourth-order valence-electron chi connectivity index (χ4n) is 3.01. The van der Waals surface area contributed by atoms with Crippen molar-refractivity contribution >= 4 is 17.6 Å². The number of aryl methyl sites for hydroxylation is 1. The molecule has 3 rings (SSSR count). The molecule has 2 atom stereocenters. The van der Waals surface area contributed by atoms with Gasteiger partial charge in [-0.2, -0.15) is 0 Å². The molecular formula is C19H19NO4. The molecular weight excluding hydrogens is 306 g/mol. The summed E-state index contributed by atoms with van der Waals surface area (Å²) >= 11 is 0. The summed E-state index contributed by atoms with van der Waals surface area (Å²) in [6, 6.07) is 14.7. The van der Waals surface area contributed by atoms with E-state index in [1.165, 1.54) is 6.92 Å². The minimum absolute atomic E-state index is 0.219. The molecule has 1 heterocycles. The van der Waals surface area contributed by atoms with Crippen molar-refractivity contribution < 1.29 is 19.1 Å². The first-order valence-corrected chi connectivity index (χ1v) is 7.73.